The third-order valence-corrected chi connectivity index (χ3v) is 9.55. The second kappa shape index (κ2) is 22.9. The number of hydrogen-bond acceptors (Lipinski definition) is 8. The highest BCUT2D eigenvalue weighted by Crippen LogP contribution is 2.26. The summed E-state index contributed by atoms with van der Waals surface area (Å²) in [6, 6.07) is 5.14. The summed E-state index contributed by atoms with van der Waals surface area (Å²) in [4.78, 5) is 42.3. The Balaban J connectivity index is 2.24. The fourth-order valence-corrected chi connectivity index (χ4v) is 6.33. The monoisotopic (exact) mass is 719 g/mol. The molecule has 3 amide bonds. The smallest absolute Gasteiger partial charge is 0.407 e. The zero-order valence-corrected chi connectivity index (χ0v) is 33.1. The Kier molecular flexibility index (Phi) is 19.9. The third-order valence-electron chi connectivity index (χ3n) is 9.55. The number of unbranched alkanes of at least 4 members (excludes halogenated alkanes) is 2. The van der Waals surface area contributed by atoms with Gasteiger partial charge in [0.2, 0.25) is 5.91 Å². The quantitative estimate of drug-likeness (QED) is 0.0967. The van der Waals surface area contributed by atoms with Gasteiger partial charge >= 0.3 is 6.09 Å². The fourth-order valence-electron chi connectivity index (χ4n) is 6.33. The highest BCUT2D eigenvalue weighted by atomic mass is 16.6. The van der Waals surface area contributed by atoms with Crippen molar-refractivity contribution in [1.82, 2.24) is 20.9 Å². The SMILES string of the molecule is CCCCNC(=O)C(CC(O)C(CC(CNC(=O)c1ccc(CN2CCCC2)cc1OCCCCOC)C(C)C)NC(=O)OC(C)(C)C)C(C)C. The molecule has 11 heteroatoms. The Hall–Kier alpha value is -2.89. The number of nitrogens with zero attached hydrogens (tertiary/aromatic N) is 1. The minimum Gasteiger partial charge on any atom is -0.493 e. The Bertz CT molecular complexity index is 1180. The van der Waals surface area contributed by atoms with E-state index in [0.717, 1.165) is 50.9 Å². The first-order valence-corrected chi connectivity index (χ1v) is 19.4. The zero-order valence-electron chi connectivity index (χ0n) is 33.1. The molecular weight excluding hydrogens is 648 g/mol. The standard InChI is InChI=1S/C40H70N4O7/c1-10-11-18-41-38(47)33(29(4)5)25-35(45)34(43-39(48)51-40(6,7)8)24-31(28(2)3)26-42-37(46)32-17-16-30(27-44-19-12-13-20-44)23-36(32)50-22-15-14-21-49-9/h16-17,23,28-29,31,33-35,45H,10-15,18-22,24-27H2,1-9H3,(H,41,47)(H,42,46)(H,43,48). The Morgan fingerprint density at radius 1 is 0.941 bits per heavy atom. The summed E-state index contributed by atoms with van der Waals surface area (Å²) in [6.07, 6.45) is 4.86. The molecule has 1 heterocycles. The molecule has 0 aliphatic carbocycles. The summed E-state index contributed by atoms with van der Waals surface area (Å²) in [5.74, 6) is -0.199. The van der Waals surface area contributed by atoms with E-state index in [1.807, 2.05) is 32.0 Å². The lowest BCUT2D eigenvalue weighted by Gasteiger charge is -2.33. The van der Waals surface area contributed by atoms with Gasteiger partial charge in [-0.05, 0) is 114 Å². The highest BCUT2D eigenvalue weighted by molar-refractivity contribution is 5.97. The average Bonchev–Trinajstić information content (AvgIpc) is 3.56. The summed E-state index contributed by atoms with van der Waals surface area (Å²) in [5.41, 5.74) is 0.869. The van der Waals surface area contributed by atoms with Gasteiger partial charge < -0.3 is 35.3 Å². The van der Waals surface area contributed by atoms with Crippen LogP contribution in [0.25, 0.3) is 0 Å². The summed E-state index contributed by atoms with van der Waals surface area (Å²) in [6.45, 7) is 20.5. The van der Waals surface area contributed by atoms with Crippen LogP contribution in [0.3, 0.4) is 0 Å². The minimum atomic E-state index is -1.01. The molecule has 1 aliphatic heterocycles. The van der Waals surface area contributed by atoms with Gasteiger partial charge in [-0.1, -0.05) is 47.1 Å². The molecule has 11 nitrogen and oxygen atoms in total. The van der Waals surface area contributed by atoms with Crippen molar-refractivity contribution < 1.29 is 33.7 Å². The van der Waals surface area contributed by atoms with Crippen LogP contribution in [-0.2, 0) is 20.8 Å². The van der Waals surface area contributed by atoms with Crippen LogP contribution in [0.15, 0.2) is 18.2 Å². The van der Waals surface area contributed by atoms with E-state index in [-0.39, 0.29) is 36.0 Å². The second-order valence-corrected chi connectivity index (χ2v) is 15.9. The van der Waals surface area contributed by atoms with E-state index in [1.54, 1.807) is 27.9 Å². The van der Waals surface area contributed by atoms with Gasteiger partial charge in [-0.15, -0.1) is 0 Å². The van der Waals surface area contributed by atoms with Crippen LogP contribution in [-0.4, -0.2) is 92.2 Å². The lowest BCUT2D eigenvalue weighted by atomic mass is 9.82. The molecule has 4 atom stereocenters. The van der Waals surface area contributed by atoms with Gasteiger partial charge in [0.05, 0.1) is 24.3 Å². The summed E-state index contributed by atoms with van der Waals surface area (Å²) in [5, 5.41) is 20.7. The van der Waals surface area contributed by atoms with Gasteiger partial charge in [-0.25, -0.2) is 4.79 Å². The van der Waals surface area contributed by atoms with E-state index < -0.39 is 29.8 Å². The molecule has 0 aromatic heterocycles. The third kappa shape index (κ3) is 17.0. The van der Waals surface area contributed by atoms with Gasteiger partial charge in [0.25, 0.3) is 5.91 Å². The van der Waals surface area contributed by atoms with E-state index >= 15 is 0 Å². The molecule has 2 rings (SSSR count). The topological polar surface area (TPSA) is 138 Å². The zero-order chi connectivity index (χ0) is 38.0. The van der Waals surface area contributed by atoms with Gasteiger partial charge in [0, 0.05) is 39.3 Å². The van der Waals surface area contributed by atoms with Crippen LogP contribution < -0.4 is 20.7 Å². The molecule has 0 saturated carbocycles. The second-order valence-electron chi connectivity index (χ2n) is 15.9. The van der Waals surface area contributed by atoms with Gasteiger partial charge in [0.1, 0.15) is 11.4 Å². The van der Waals surface area contributed by atoms with Crippen LogP contribution in [0, 0.1) is 23.7 Å². The van der Waals surface area contributed by atoms with Crippen molar-refractivity contribution in [2.24, 2.45) is 23.7 Å². The van der Waals surface area contributed by atoms with Crippen LogP contribution in [0.1, 0.15) is 123 Å². The van der Waals surface area contributed by atoms with Crippen molar-refractivity contribution in [3.8, 4) is 5.75 Å². The molecule has 0 bridgehead atoms. The minimum absolute atomic E-state index is 0.0123. The van der Waals surface area contributed by atoms with Gasteiger partial charge in [0.15, 0.2) is 0 Å². The predicted molar refractivity (Wildman–Crippen MR) is 203 cm³/mol. The van der Waals surface area contributed by atoms with Crippen molar-refractivity contribution in [1.29, 1.82) is 0 Å². The first-order chi connectivity index (χ1) is 24.1. The number of aliphatic hydroxyl groups is 1. The lowest BCUT2D eigenvalue weighted by molar-refractivity contribution is -0.127. The van der Waals surface area contributed by atoms with E-state index in [4.69, 9.17) is 14.2 Å². The molecule has 0 spiro atoms. The number of nitrogens with one attached hydrogen (secondary N) is 3. The highest BCUT2D eigenvalue weighted by Gasteiger charge is 2.33. The first-order valence-electron chi connectivity index (χ1n) is 19.4. The fraction of sp³-hybridized carbons (Fsp3) is 0.775. The molecule has 1 aromatic rings. The van der Waals surface area contributed by atoms with Crippen molar-refractivity contribution in [3.05, 3.63) is 29.3 Å². The number of methoxy groups -OCH3 is 1. The molecule has 4 N–H and O–H groups in total. The average molecular weight is 719 g/mol. The normalized spacial score (nSPS) is 16.1. The van der Waals surface area contributed by atoms with Crippen LogP contribution >= 0.6 is 0 Å². The molecule has 292 valence electrons. The van der Waals surface area contributed by atoms with Crippen LogP contribution in [0.2, 0.25) is 0 Å². The molecule has 0 radical (unpaired) electrons. The van der Waals surface area contributed by atoms with Gasteiger partial charge in [-0.2, -0.15) is 0 Å². The first kappa shape index (κ1) is 44.3. The maximum absolute atomic E-state index is 13.7. The number of alkyl carbamates (subject to hydrolysis) is 1. The maximum Gasteiger partial charge on any atom is 0.407 e. The number of hydrogen-bond donors (Lipinski definition) is 4. The number of rotatable bonds is 23. The van der Waals surface area contributed by atoms with E-state index in [2.05, 4.69) is 41.6 Å². The van der Waals surface area contributed by atoms with E-state index in [9.17, 15) is 19.5 Å². The summed E-state index contributed by atoms with van der Waals surface area (Å²) >= 11 is 0. The number of carbonyl (C=O) groups excluding carboxylic acids is 3. The largest absolute Gasteiger partial charge is 0.493 e. The maximum atomic E-state index is 13.7. The number of carbonyl (C=O) groups is 3. The molecule has 1 aliphatic rings. The number of amides is 3. The number of benzene rings is 1. The Morgan fingerprint density at radius 2 is 1.63 bits per heavy atom. The molecule has 1 aromatic carbocycles. The lowest BCUT2D eigenvalue weighted by Crippen LogP contribution is -2.49. The number of likely N-dealkylation sites (tertiary alicyclic amines) is 1. The summed E-state index contributed by atoms with van der Waals surface area (Å²) < 4.78 is 16.9. The Labute approximate surface area is 308 Å². The number of ether oxygens (including phenoxy) is 3. The molecule has 4 unspecified atom stereocenters. The van der Waals surface area contributed by atoms with E-state index in [1.165, 1.54) is 12.8 Å². The van der Waals surface area contributed by atoms with Crippen molar-refractivity contribution in [2.45, 2.75) is 131 Å². The van der Waals surface area contributed by atoms with Crippen molar-refractivity contribution >= 4 is 17.9 Å². The van der Waals surface area contributed by atoms with Gasteiger partial charge in [-0.3, -0.25) is 14.5 Å². The predicted octanol–water partition coefficient (Wildman–Crippen LogP) is 6.31. The van der Waals surface area contributed by atoms with Crippen molar-refractivity contribution in [3.63, 3.8) is 0 Å². The number of aliphatic hydroxyl groups excluding tert-OH is 1. The van der Waals surface area contributed by atoms with E-state index in [0.29, 0.717) is 44.0 Å². The molecule has 1 saturated heterocycles. The van der Waals surface area contributed by atoms with Crippen molar-refractivity contribution in [2.75, 3.05) is 46.5 Å². The van der Waals surface area contributed by atoms with Crippen LogP contribution in [0.4, 0.5) is 4.79 Å². The van der Waals surface area contributed by atoms with Crippen LogP contribution in [0.5, 0.6) is 5.75 Å². The Morgan fingerprint density at radius 3 is 2.24 bits per heavy atom. The molecule has 1 fully saturated rings. The molecule has 51 heavy (non-hydrogen) atoms. The molecular formula is C40H70N4O7. The summed E-state index contributed by atoms with van der Waals surface area (Å²) in [7, 11) is 1.68.